The number of rotatable bonds is 7. The normalized spacial score (nSPS) is 23.1. The fraction of sp³-hybridized carbons (Fsp3) is 0.480. The first kappa shape index (κ1) is 22.6. The van der Waals surface area contributed by atoms with Crippen LogP contribution in [0.1, 0.15) is 48.5 Å². The van der Waals surface area contributed by atoms with Gasteiger partial charge in [0.1, 0.15) is 5.75 Å². The number of sulfonamides is 1. The van der Waals surface area contributed by atoms with Crippen LogP contribution in [-0.4, -0.2) is 34.5 Å². The molecule has 2 saturated carbocycles. The van der Waals surface area contributed by atoms with Gasteiger partial charge in [0.15, 0.2) is 0 Å². The van der Waals surface area contributed by atoms with Gasteiger partial charge in [-0.25, -0.2) is 8.42 Å². The topological polar surface area (TPSA) is 75.7 Å². The van der Waals surface area contributed by atoms with Gasteiger partial charge in [0.25, 0.3) is 15.9 Å². The molecule has 172 valence electrons. The van der Waals surface area contributed by atoms with Crippen molar-refractivity contribution in [3.8, 4) is 5.75 Å². The maximum atomic E-state index is 13.3. The molecule has 0 radical (unpaired) electrons. The number of carbonyl (C=O) groups is 1. The Kier molecular flexibility index (Phi) is 6.21. The van der Waals surface area contributed by atoms with Crippen molar-refractivity contribution in [3.05, 3.63) is 53.6 Å². The summed E-state index contributed by atoms with van der Waals surface area (Å²) in [5.41, 5.74) is 1.59. The van der Waals surface area contributed by atoms with Gasteiger partial charge < -0.3 is 10.1 Å². The molecule has 4 rings (SSSR count). The predicted molar refractivity (Wildman–Crippen MR) is 126 cm³/mol. The molecule has 2 fully saturated rings. The molecule has 7 heteroatoms. The van der Waals surface area contributed by atoms with Crippen molar-refractivity contribution in [2.24, 2.45) is 17.8 Å². The van der Waals surface area contributed by atoms with E-state index in [-0.39, 0.29) is 16.8 Å². The SMILES string of the molecule is COc1ccccc1N(C)S(=O)(=O)c1ccc(C)c(C(=O)N[C@@H](C)[C@@H]2C[C@H]3CC[C@H]2C3)c1. The Morgan fingerprint density at radius 3 is 2.56 bits per heavy atom. The van der Waals surface area contributed by atoms with E-state index in [1.807, 2.05) is 6.92 Å². The molecule has 32 heavy (non-hydrogen) atoms. The largest absolute Gasteiger partial charge is 0.495 e. The number of aryl methyl sites for hydroxylation is 1. The summed E-state index contributed by atoms with van der Waals surface area (Å²) >= 11 is 0. The summed E-state index contributed by atoms with van der Waals surface area (Å²) < 4.78 is 33.2. The van der Waals surface area contributed by atoms with Crippen LogP contribution in [0, 0.1) is 24.7 Å². The Hall–Kier alpha value is -2.54. The van der Waals surface area contributed by atoms with Crippen LogP contribution in [0.3, 0.4) is 0 Å². The zero-order valence-electron chi connectivity index (χ0n) is 19.2. The van der Waals surface area contributed by atoms with E-state index in [0.29, 0.717) is 28.8 Å². The number of nitrogens with one attached hydrogen (secondary N) is 1. The summed E-state index contributed by atoms with van der Waals surface area (Å²) in [4.78, 5) is 13.2. The number of nitrogens with zero attached hydrogens (tertiary/aromatic N) is 1. The molecule has 2 bridgehead atoms. The monoisotopic (exact) mass is 456 g/mol. The van der Waals surface area contributed by atoms with Gasteiger partial charge in [0, 0.05) is 18.7 Å². The highest BCUT2D eigenvalue weighted by molar-refractivity contribution is 7.92. The lowest BCUT2D eigenvalue weighted by Crippen LogP contribution is -2.40. The third kappa shape index (κ3) is 4.10. The molecule has 2 aromatic carbocycles. The van der Waals surface area contributed by atoms with Gasteiger partial charge in [-0.2, -0.15) is 0 Å². The summed E-state index contributed by atoms with van der Waals surface area (Å²) in [6.07, 6.45) is 5.05. The van der Waals surface area contributed by atoms with E-state index in [1.54, 1.807) is 36.4 Å². The van der Waals surface area contributed by atoms with Crippen molar-refractivity contribution in [2.45, 2.75) is 50.5 Å². The Bertz CT molecular complexity index is 1110. The van der Waals surface area contributed by atoms with Crippen LogP contribution in [0.2, 0.25) is 0 Å². The Balaban J connectivity index is 1.57. The smallest absolute Gasteiger partial charge is 0.264 e. The highest BCUT2D eigenvalue weighted by Gasteiger charge is 2.42. The number of benzene rings is 2. The van der Waals surface area contributed by atoms with Crippen molar-refractivity contribution in [1.82, 2.24) is 5.32 Å². The average molecular weight is 457 g/mol. The van der Waals surface area contributed by atoms with Gasteiger partial charge in [-0.15, -0.1) is 0 Å². The first-order valence-corrected chi connectivity index (χ1v) is 12.7. The van der Waals surface area contributed by atoms with Crippen LogP contribution in [0.15, 0.2) is 47.4 Å². The second-order valence-electron chi connectivity index (χ2n) is 9.22. The second kappa shape index (κ2) is 8.77. The third-order valence-corrected chi connectivity index (χ3v) is 9.10. The van der Waals surface area contributed by atoms with Gasteiger partial charge in [-0.1, -0.05) is 24.6 Å². The van der Waals surface area contributed by atoms with E-state index < -0.39 is 10.0 Å². The maximum Gasteiger partial charge on any atom is 0.264 e. The molecule has 6 nitrogen and oxygen atoms in total. The molecule has 2 aliphatic rings. The molecule has 0 aliphatic heterocycles. The molecule has 4 atom stereocenters. The average Bonchev–Trinajstić information content (AvgIpc) is 3.42. The quantitative estimate of drug-likeness (QED) is 0.671. The number of fused-ring (bicyclic) bond motifs is 2. The van der Waals surface area contributed by atoms with Gasteiger partial charge in [-0.3, -0.25) is 9.10 Å². The molecular formula is C25H32N2O4S. The standard InChI is InChI=1S/C25H32N2O4S/c1-16-9-12-20(32(29,30)27(3)23-7-5-6-8-24(23)31-4)15-21(16)25(28)26-17(2)22-14-18-10-11-19(22)13-18/h5-9,12,15,17-19,22H,10-11,13-14H2,1-4H3,(H,26,28)/t17-,18-,19-,22-/m0/s1. The molecule has 0 saturated heterocycles. The molecule has 0 aromatic heterocycles. The van der Waals surface area contributed by atoms with Crippen LogP contribution in [-0.2, 0) is 10.0 Å². The van der Waals surface area contributed by atoms with E-state index in [9.17, 15) is 13.2 Å². The van der Waals surface area contributed by atoms with Gasteiger partial charge in [-0.05, 0) is 80.7 Å². The predicted octanol–water partition coefficient (Wildman–Crippen LogP) is 4.38. The molecular weight excluding hydrogens is 424 g/mol. The summed E-state index contributed by atoms with van der Waals surface area (Å²) in [6, 6.07) is 11.8. The lowest BCUT2D eigenvalue weighted by molar-refractivity contribution is 0.0914. The maximum absolute atomic E-state index is 13.3. The Morgan fingerprint density at radius 2 is 1.91 bits per heavy atom. The number of carbonyl (C=O) groups excluding carboxylic acids is 1. The van der Waals surface area contributed by atoms with E-state index in [0.717, 1.165) is 11.5 Å². The van der Waals surface area contributed by atoms with Crippen molar-refractivity contribution in [1.29, 1.82) is 0 Å². The van der Waals surface area contributed by atoms with Gasteiger partial charge >= 0.3 is 0 Å². The van der Waals surface area contributed by atoms with Crippen molar-refractivity contribution in [2.75, 3.05) is 18.5 Å². The number of amides is 1. The van der Waals surface area contributed by atoms with Crippen LogP contribution >= 0.6 is 0 Å². The molecule has 2 aromatic rings. The van der Waals surface area contributed by atoms with Crippen LogP contribution in [0.5, 0.6) is 5.75 Å². The highest BCUT2D eigenvalue weighted by Crippen LogP contribution is 2.49. The summed E-state index contributed by atoms with van der Waals surface area (Å²) in [7, 11) is -0.880. The first-order valence-electron chi connectivity index (χ1n) is 11.3. The fourth-order valence-corrected chi connectivity index (χ4v) is 6.71. The van der Waals surface area contributed by atoms with Gasteiger partial charge in [0.2, 0.25) is 0 Å². The number of methoxy groups -OCH3 is 1. The summed E-state index contributed by atoms with van der Waals surface area (Å²) in [6.45, 7) is 3.91. The fourth-order valence-electron chi connectivity index (χ4n) is 5.48. The molecule has 1 N–H and O–H groups in total. The van der Waals surface area contributed by atoms with E-state index in [4.69, 9.17) is 4.74 Å². The number of hydrogen-bond acceptors (Lipinski definition) is 4. The Labute approximate surface area is 191 Å². The van der Waals surface area contributed by atoms with Crippen LogP contribution in [0.25, 0.3) is 0 Å². The molecule has 2 aliphatic carbocycles. The zero-order chi connectivity index (χ0) is 23.0. The zero-order valence-corrected chi connectivity index (χ0v) is 20.0. The number of hydrogen-bond donors (Lipinski definition) is 1. The van der Waals surface area contributed by atoms with Crippen molar-refractivity contribution < 1.29 is 17.9 Å². The van der Waals surface area contributed by atoms with Crippen LogP contribution in [0.4, 0.5) is 5.69 Å². The number of anilines is 1. The van der Waals surface area contributed by atoms with Crippen LogP contribution < -0.4 is 14.4 Å². The van der Waals surface area contributed by atoms with Crippen molar-refractivity contribution in [3.63, 3.8) is 0 Å². The first-order chi connectivity index (χ1) is 15.2. The number of para-hydroxylation sites is 2. The van der Waals surface area contributed by atoms with E-state index >= 15 is 0 Å². The summed E-state index contributed by atoms with van der Waals surface area (Å²) in [5.74, 6) is 2.28. The minimum Gasteiger partial charge on any atom is -0.495 e. The lowest BCUT2D eigenvalue weighted by Gasteiger charge is -2.28. The second-order valence-corrected chi connectivity index (χ2v) is 11.2. The molecule has 1 amide bonds. The van der Waals surface area contributed by atoms with E-state index in [1.165, 1.54) is 50.2 Å². The third-order valence-electron chi connectivity index (χ3n) is 7.33. The number of ether oxygens (including phenoxy) is 1. The van der Waals surface area contributed by atoms with Gasteiger partial charge in [0.05, 0.1) is 17.7 Å². The highest BCUT2D eigenvalue weighted by atomic mass is 32.2. The molecule has 0 spiro atoms. The lowest BCUT2D eigenvalue weighted by atomic mass is 9.84. The molecule has 0 heterocycles. The van der Waals surface area contributed by atoms with Crippen molar-refractivity contribution >= 4 is 21.6 Å². The van der Waals surface area contributed by atoms with E-state index in [2.05, 4.69) is 12.2 Å². The minimum absolute atomic E-state index is 0.0775. The molecule has 0 unspecified atom stereocenters. The Morgan fingerprint density at radius 1 is 1.16 bits per heavy atom. The minimum atomic E-state index is -3.88. The summed E-state index contributed by atoms with van der Waals surface area (Å²) in [5, 5.41) is 3.15.